The molecular formula is C45H83O16P2-3. The summed E-state index contributed by atoms with van der Waals surface area (Å²) in [6.07, 6.45) is 20.7. The Labute approximate surface area is 378 Å². The van der Waals surface area contributed by atoms with E-state index >= 15 is 0 Å². The van der Waals surface area contributed by atoms with Crippen LogP contribution < -0.4 is 14.7 Å². The van der Waals surface area contributed by atoms with Gasteiger partial charge in [0.2, 0.25) is 0 Å². The molecule has 4 N–H and O–H groups in total. The summed E-state index contributed by atoms with van der Waals surface area (Å²) in [6, 6.07) is 0. The Bertz CT molecular complexity index is 1270. The third kappa shape index (κ3) is 31.4. The van der Waals surface area contributed by atoms with Gasteiger partial charge in [-0.2, -0.15) is 0 Å². The zero-order valence-corrected chi connectivity index (χ0v) is 40.2. The van der Waals surface area contributed by atoms with E-state index < -0.39 is 83.5 Å². The number of rotatable bonds is 41. The van der Waals surface area contributed by atoms with Crippen LogP contribution in [0.1, 0.15) is 206 Å². The average Bonchev–Trinajstić information content (AvgIpc) is 3.23. The molecule has 16 nitrogen and oxygen atoms in total. The number of esters is 2. The van der Waals surface area contributed by atoms with Gasteiger partial charge >= 0.3 is 11.9 Å². The molecule has 1 fully saturated rings. The number of hydrogen-bond donors (Lipinski definition) is 4. The molecule has 0 saturated heterocycles. The predicted molar refractivity (Wildman–Crippen MR) is 235 cm³/mol. The van der Waals surface area contributed by atoms with E-state index in [9.17, 15) is 53.8 Å². The minimum atomic E-state index is -5.82. The lowest BCUT2D eigenvalue weighted by molar-refractivity contribution is -0.353. The first-order valence-corrected chi connectivity index (χ1v) is 27.1. The van der Waals surface area contributed by atoms with Crippen molar-refractivity contribution in [1.29, 1.82) is 0 Å². The molecule has 63 heavy (non-hydrogen) atoms. The van der Waals surface area contributed by atoms with Crippen molar-refractivity contribution in [3.8, 4) is 0 Å². The molecule has 0 aliphatic heterocycles. The van der Waals surface area contributed by atoms with E-state index in [1.807, 2.05) is 0 Å². The second-order valence-corrected chi connectivity index (χ2v) is 19.6. The summed E-state index contributed by atoms with van der Waals surface area (Å²) in [5.74, 6) is -1.25. The molecule has 0 amide bonds. The van der Waals surface area contributed by atoms with Gasteiger partial charge in [-0.3, -0.25) is 14.2 Å². The molecule has 1 rings (SSSR count). The smallest absolute Gasteiger partial charge is 0.306 e. The van der Waals surface area contributed by atoms with Crippen molar-refractivity contribution in [2.45, 2.75) is 249 Å². The standard InChI is InChI=1S/C45H86O16P2/c1-3-5-7-9-11-13-15-17-19-21-23-25-27-29-31-33-38(46)57-35-37(59-39(47)34-32-30-28-26-24-22-20-18-16-14-12-10-8-6-4-2)36-58-63(55,56)61-45-42(50)40(48)44(41(49)43(45)51)60-62(52,53)54/h18,20,37,40-45,48-51H,3-17,19,21-36H2,1-2H3,(H,55,56)(H2,52,53,54)/p-3/b20-18-/t37-,40-,41+,42-,43-,44?,45?/m1/s1. The molecule has 0 aromatic rings. The highest BCUT2D eigenvalue weighted by atomic mass is 31.2. The Morgan fingerprint density at radius 1 is 0.508 bits per heavy atom. The molecule has 372 valence electrons. The van der Waals surface area contributed by atoms with Crippen LogP contribution in [0.4, 0.5) is 0 Å². The molecule has 8 atom stereocenters. The molecule has 1 aliphatic carbocycles. The minimum absolute atomic E-state index is 0.0202. The number of aliphatic hydroxyl groups excluding tert-OH is 4. The second kappa shape index (κ2) is 36.8. The highest BCUT2D eigenvalue weighted by molar-refractivity contribution is 7.45. The monoisotopic (exact) mass is 942 g/mol. The molecule has 0 aromatic heterocycles. The number of phosphoric acid groups is 2. The average molecular weight is 942 g/mol. The number of phosphoric ester groups is 2. The number of carbonyl (C=O) groups is 2. The Hall–Kier alpha value is -1.26. The van der Waals surface area contributed by atoms with E-state index in [-0.39, 0.29) is 12.8 Å². The lowest BCUT2D eigenvalue weighted by Gasteiger charge is -2.47. The lowest BCUT2D eigenvalue weighted by Crippen LogP contribution is -2.65. The van der Waals surface area contributed by atoms with Gasteiger partial charge in [0.15, 0.2) is 6.10 Å². The van der Waals surface area contributed by atoms with Crippen molar-refractivity contribution in [3.05, 3.63) is 12.2 Å². The van der Waals surface area contributed by atoms with Gasteiger partial charge in [-0.15, -0.1) is 0 Å². The number of hydrogen-bond acceptors (Lipinski definition) is 16. The van der Waals surface area contributed by atoms with Crippen LogP contribution >= 0.6 is 15.6 Å². The molecule has 1 aliphatic rings. The van der Waals surface area contributed by atoms with Crippen molar-refractivity contribution in [2.24, 2.45) is 0 Å². The van der Waals surface area contributed by atoms with Crippen LogP contribution in [0, 0.1) is 0 Å². The summed E-state index contributed by atoms with van der Waals surface area (Å²) in [4.78, 5) is 60.2. The van der Waals surface area contributed by atoms with E-state index in [1.165, 1.54) is 103 Å². The van der Waals surface area contributed by atoms with Gasteiger partial charge in [0.25, 0.3) is 7.82 Å². The van der Waals surface area contributed by atoms with Gasteiger partial charge in [-0.1, -0.05) is 167 Å². The van der Waals surface area contributed by atoms with Crippen LogP contribution in [-0.4, -0.2) is 88.3 Å². The molecule has 0 heterocycles. The number of ether oxygens (including phenoxy) is 2. The van der Waals surface area contributed by atoms with Gasteiger partial charge < -0.3 is 62.7 Å². The second-order valence-electron chi connectivity index (χ2n) is 17.1. The number of allylic oxidation sites excluding steroid dienone is 2. The third-order valence-electron chi connectivity index (χ3n) is 11.3. The van der Waals surface area contributed by atoms with Crippen LogP contribution in [0.2, 0.25) is 0 Å². The van der Waals surface area contributed by atoms with Gasteiger partial charge in [-0.25, -0.2) is 0 Å². The molecule has 0 bridgehead atoms. The summed E-state index contributed by atoms with van der Waals surface area (Å²) in [5.41, 5.74) is 0. The molecule has 0 aromatic carbocycles. The quantitative estimate of drug-likeness (QED) is 0.0203. The Morgan fingerprint density at radius 2 is 0.857 bits per heavy atom. The fourth-order valence-electron chi connectivity index (χ4n) is 7.53. The first-order valence-electron chi connectivity index (χ1n) is 24.2. The number of unbranched alkanes of at least 4 members (excludes halogenated alkanes) is 25. The maximum absolute atomic E-state index is 12.8. The van der Waals surface area contributed by atoms with Crippen molar-refractivity contribution in [3.63, 3.8) is 0 Å². The molecule has 0 spiro atoms. The van der Waals surface area contributed by atoms with Crippen LogP contribution in [0.25, 0.3) is 0 Å². The minimum Gasteiger partial charge on any atom is -0.790 e. The van der Waals surface area contributed by atoms with Gasteiger partial charge in [0.1, 0.15) is 43.2 Å². The first kappa shape index (κ1) is 59.8. The maximum atomic E-state index is 12.8. The van der Waals surface area contributed by atoms with Gasteiger partial charge in [0, 0.05) is 12.8 Å². The fourth-order valence-corrected chi connectivity index (χ4v) is 9.04. The molecule has 3 unspecified atom stereocenters. The summed E-state index contributed by atoms with van der Waals surface area (Å²) >= 11 is 0. The normalized spacial score (nSPS) is 22.0. The summed E-state index contributed by atoms with van der Waals surface area (Å²) in [7, 11) is -11.4. The van der Waals surface area contributed by atoms with Crippen molar-refractivity contribution in [2.75, 3.05) is 13.2 Å². The molecule has 18 heteroatoms. The fraction of sp³-hybridized carbons (Fsp3) is 0.911. The Balaban J connectivity index is 2.56. The van der Waals surface area contributed by atoms with E-state index in [4.69, 9.17) is 18.5 Å². The highest BCUT2D eigenvalue weighted by Crippen LogP contribution is 2.44. The van der Waals surface area contributed by atoms with Gasteiger partial charge in [-0.05, 0) is 38.5 Å². The van der Waals surface area contributed by atoms with Crippen LogP contribution in [0.3, 0.4) is 0 Å². The first-order chi connectivity index (χ1) is 30.1. The van der Waals surface area contributed by atoms with Crippen molar-refractivity contribution in [1.82, 2.24) is 0 Å². The van der Waals surface area contributed by atoms with Gasteiger partial charge in [0.05, 0.1) is 14.4 Å². The SMILES string of the molecule is CCCCCCCC/C=C\CCCCCCCC(=O)O[C@H](COC(=O)CCCCCCCCCCCCCCCCC)COP(=O)([O-])OC1[C@H](O)[C@H](O)C(OP(=O)([O-])[O-])[C@H](O)[C@H]1O. The van der Waals surface area contributed by atoms with Crippen LogP contribution in [0.5, 0.6) is 0 Å². The highest BCUT2D eigenvalue weighted by Gasteiger charge is 2.51. The maximum Gasteiger partial charge on any atom is 0.306 e. The summed E-state index contributed by atoms with van der Waals surface area (Å²) < 4.78 is 48.2. The largest absolute Gasteiger partial charge is 0.790 e. The third-order valence-corrected chi connectivity index (χ3v) is 12.8. The Kier molecular flexibility index (Phi) is 34.9. The summed E-state index contributed by atoms with van der Waals surface area (Å²) in [6.45, 7) is 3.01. The van der Waals surface area contributed by atoms with E-state index in [0.717, 1.165) is 64.2 Å². The van der Waals surface area contributed by atoms with Crippen LogP contribution in [-0.2, 0) is 41.8 Å². The molecular weight excluding hydrogens is 858 g/mol. The topological polar surface area (TPSA) is 265 Å². The number of carbonyl (C=O) groups excluding carboxylic acids is 2. The van der Waals surface area contributed by atoms with Crippen LogP contribution in [0.15, 0.2) is 12.2 Å². The molecule has 1 saturated carbocycles. The zero-order valence-electron chi connectivity index (χ0n) is 38.4. The molecule has 0 radical (unpaired) electrons. The zero-order chi connectivity index (χ0) is 46.8. The predicted octanol–water partition coefficient (Wildman–Crippen LogP) is 7.28. The van der Waals surface area contributed by atoms with Crippen molar-refractivity contribution < 1.29 is 76.9 Å². The van der Waals surface area contributed by atoms with E-state index in [0.29, 0.717) is 12.8 Å². The van der Waals surface area contributed by atoms with Crippen molar-refractivity contribution >= 4 is 27.6 Å². The summed E-state index contributed by atoms with van der Waals surface area (Å²) in [5, 5.41) is 41.2. The Morgan fingerprint density at radius 3 is 1.25 bits per heavy atom. The lowest BCUT2D eigenvalue weighted by atomic mass is 9.85. The van der Waals surface area contributed by atoms with E-state index in [1.54, 1.807) is 0 Å². The van der Waals surface area contributed by atoms with E-state index in [2.05, 4.69) is 30.5 Å². The number of aliphatic hydroxyl groups is 4.